The molecule has 0 aliphatic heterocycles. The zero-order valence-electron chi connectivity index (χ0n) is 19.1. The van der Waals surface area contributed by atoms with E-state index in [0.717, 1.165) is 24.7 Å². The number of aryl methyl sites for hydroxylation is 1. The van der Waals surface area contributed by atoms with Crippen LogP contribution in [0.3, 0.4) is 0 Å². The lowest BCUT2D eigenvalue weighted by atomic mass is 9.79. The average molecular weight is 406 g/mol. The number of unbranched alkanes of at least 4 members (excludes halogenated alkanes) is 1. The Morgan fingerprint density at radius 2 is 2.00 bits per heavy atom. The number of rotatable bonds is 8. The minimum atomic E-state index is 0.432. The number of hydrogen-bond donors (Lipinski definition) is 1. The molecule has 1 aromatic rings. The van der Waals surface area contributed by atoms with E-state index in [9.17, 15) is 0 Å². The van der Waals surface area contributed by atoms with Crippen molar-refractivity contribution in [3.05, 3.63) is 64.8 Å². The zero-order chi connectivity index (χ0) is 20.9. The van der Waals surface area contributed by atoms with E-state index in [0.29, 0.717) is 18.0 Å². The molecule has 30 heavy (non-hydrogen) atoms. The van der Waals surface area contributed by atoms with Crippen molar-refractivity contribution in [3.63, 3.8) is 0 Å². The monoisotopic (exact) mass is 405 g/mol. The lowest BCUT2D eigenvalue weighted by molar-refractivity contribution is 0.307. The van der Waals surface area contributed by atoms with Crippen LogP contribution >= 0.6 is 0 Å². The molecule has 3 aliphatic carbocycles. The van der Waals surface area contributed by atoms with Gasteiger partial charge in [-0.05, 0) is 99.0 Å². The summed E-state index contributed by atoms with van der Waals surface area (Å²) in [5, 5.41) is 3.97. The van der Waals surface area contributed by atoms with E-state index in [4.69, 9.17) is 4.74 Å². The molecule has 0 heterocycles. The number of nitrogens with one attached hydrogen (secondary N) is 1. The first-order chi connectivity index (χ1) is 14.7. The van der Waals surface area contributed by atoms with Crippen molar-refractivity contribution < 1.29 is 4.74 Å². The fraction of sp³-hybridized carbons (Fsp3) is 0.571. The minimum absolute atomic E-state index is 0.432. The van der Waals surface area contributed by atoms with E-state index >= 15 is 0 Å². The summed E-state index contributed by atoms with van der Waals surface area (Å²) in [5.41, 5.74) is 5.88. The molecular weight excluding hydrogens is 366 g/mol. The standard InChI is InChI=1S/C28H39NO/c1-4-5-17-30-28-16-14-23(18-20(28)2)24-13-15-25(19-24)29-21(3)26-12-8-10-22-9-6-7-11-27(22)26/h7-8,11-12,14,16,18,21-22,24-25,29H,4-6,9-10,13,15,17,19H2,1-3H3/t21-,22?,24-,25+/m1/s1. The van der Waals surface area contributed by atoms with Gasteiger partial charge in [-0.1, -0.05) is 49.8 Å². The molecule has 1 unspecified atom stereocenters. The van der Waals surface area contributed by atoms with Gasteiger partial charge in [0.1, 0.15) is 5.75 Å². The molecule has 1 N–H and O–H groups in total. The van der Waals surface area contributed by atoms with Crippen molar-refractivity contribution in [2.24, 2.45) is 5.92 Å². The fourth-order valence-corrected chi connectivity index (χ4v) is 5.52. The average Bonchev–Trinajstić information content (AvgIpc) is 3.23. The van der Waals surface area contributed by atoms with Crippen LogP contribution in [-0.2, 0) is 0 Å². The summed E-state index contributed by atoms with van der Waals surface area (Å²) in [4.78, 5) is 0. The molecule has 3 aliphatic rings. The van der Waals surface area contributed by atoms with Crippen LogP contribution in [0.1, 0.15) is 82.3 Å². The van der Waals surface area contributed by atoms with Crippen molar-refractivity contribution >= 4 is 0 Å². The van der Waals surface area contributed by atoms with Crippen LogP contribution in [0.4, 0.5) is 0 Å². The maximum absolute atomic E-state index is 5.95. The quantitative estimate of drug-likeness (QED) is 0.470. The third kappa shape index (κ3) is 4.91. The smallest absolute Gasteiger partial charge is 0.122 e. The molecule has 162 valence electrons. The Bertz CT molecular complexity index is 818. The second kappa shape index (κ2) is 10.0. The second-order valence-corrected chi connectivity index (χ2v) is 9.55. The topological polar surface area (TPSA) is 21.3 Å². The minimum Gasteiger partial charge on any atom is -0.493 e. The summed E-state index contributed by atoms with van der Waals surface area (Å²) < 4.78 is 5.95. The highest BCUT2D eigenvalue weighted by atomic mass is 16.5. The van der Waals surface area contributed by atoms with Gasteiger partial charge in [-0.3, -0.25) is 0 Å². The molecule has 2 nitrogen and oxygen atoms in total. The highest BCUT2D eigenvalue weighted by molar-refractivity contribution is 5.42. The lowest BCUT2D eigenvalue weighted by Crippen LogP contribution is -2.37. The summed E-state index contributed by atoms with van der Waals surface area (Å²) in [6.07, 6.45) is 19.4. The Morgan fingerprint density at radius 3 is 2.83 bits per heavy atom. The van der Waals surface area contributed by atoms with Crippen LogP contribution < -0.4 is 10.1 Å². The van der Waals surface area contributed by atoms with Gasteiger partial charge in [-0.2, -0.15) is 0 Å². The van der Waals surface area contributed by atoms with Crippen LogP contribution in [-0.4, -0.2) is 18.7 Å². The molecule has 1 saturated carbocycles. The number of fused-ring (bicyclic) bond motifs is 1. The molecule has 4 atom stereocenters. The second-order valence-electron chi connectivity index (χ2n) is 9.55. The predicted octanol–water partition coefficient (Wildman–Crippen LogP) is 7.01. The number of ether oxygens (including phenoxy) is 1. The van der Waals surface area contributed by atoms with Crippen LogP contribution in [0, 0.1) is 12.8 Å². The van der Waals surface area contributed by atoms with Gasteiger partial charge in [0.25, 0.3) is 0 Å². The van der Waals surface area contributed by atoms with Gasteiger partial charge in [0.2, 0.25) is 0 Å². The normalized spacial score (nSPS) is 26.7. The van der Waals surface area contributed by atoms with Crippen molar-refractivity contribution in [1.82, 2.24) is 5.32 Å². The Labute approximate surface area is 183 Å². The highest BCUT2D eigenvalue weighted by Crippen LogP contribution is 2.38. The van der Waals surface area contributed by atoms with Crippen LogP contribution in [0.5, 0.6) is 5.75 Å². The molecule has 1 fully saturated rings. The van der Waals surface area contributed by atoms with Gasteiger partial charge < -0.3 is 10.1 Å². The van der Waals surface area contributed by atoms with Gasteiger partial charge in [-0.25, -0.2) is 0 Å². The van der Waals surface area contributed by atoms with E-state index in [1.54, 1.807) is 5.57 Å². The number of benzene rings is 1. The summed E-state index contributed by atoms with van der Waals surface area (Å²) in [6, 6.07) is 7.90. The molecule has 0 bridgehead atoms. The Morgan fingerprint density at radius 1 is 1.10 bits per heavy atom. The van der Waals surface area contributed by atoms with E-state index in [1.165, 1.54) is 61.6 Å². The van der Waals surface area contributed by atoms with E-state index in [2.05, 4.69) is 68.6 Å². The number of allylic oxidation sites excluding steroid dienone is 4. The molecule has 0 amide bonds. The first-order valence-electron chi connectivity index (χ1n) is 12.2. The Hall–Kier alpha value is -1.80. The van der Waals surface area contributed by atoms with Gasteiger partial charge >= 0.3 is 0 Å². The van der Waals surface area contributed by atoms with Gasteiger partial charge in [0.15, 0.2) is 0 Å². The molecule has 0 spiro atoms. The molecular formula is C28H39NO. The first-order valence-corrected chi connectivity index (χ1v) is 12.2. The predicted molar refractivity (Wildman–Crippen MR) is 127 cm³/mol. The number of hydrogen-bond acceptors (Lipinski definition) is 2. The van der Waals surface area contributed by atoms with Crippen molar-refractivity contribution in [3.8, 4) is 5.75 Å². The maximum Gasteiger partial charge on any atom is 0.122 e. The van der Waals surface area contributed by atoms with Crippen molar-refractivity contribution in [2.75, 3.05) is 6.61 Å². The van der Waals surface area contributed by atoms with Crippen molar-refractivity contribution in [2.45, 2.75) is 90.1 Å². The SMILES string of the molecule is CCCCOc1ccc([C@@H]2CC[C@H](N[C@H](C)C3=C4C=CCCC4CC=C3)C2)cc1C. The Kier molecular flexibility index (Phi) is 7.15. The summed E-state index contributed by atoms with van der Waals surface area (Å²) in [6.45, 7) is 7.58. The van der Waals surface area contributed by atoms with Gasteiger partial charge in [-0.15, -0.1) is 0 Å². The Balaban J connectivity index is 1.36. The van der Waals surface area contributed by atoms with E-state index < -0.39 is 0 Å². The maximum atomic E-state index is 5.95. The molecule has 0 radical (unpaired) electrons. The van der Waals surface area contributed by atoms with Crippen molar-refractivity contribution in [1.29, 1.82) is 0 Å². The van der Waals surface area contributed by atoms with Crippen LogP contribution in [0.15, 0.2) is 53.6 Å². The van der Waals surface area contributed by atoms with E-state index in [1.807, 2.05) is 0 Å². The molecule has 0 aromatic heterocycles. The molecule has 2 heteroatoms. The molecule has 1 aromatic carbocycles. The molecule has 0 saturated heterocycles. The van der Waals surface area contributed by atoms with Gasteiger partial charge in [0, 0.05) is 12.1 Å². The fourth-order valence-electron chi connectivity index (χ4n) is 5.52. The third-order valence-electron chi connectivity index (χ3n) is 7.28. The summed E-state index contributed by atoms with van der Waals surface area (Å²) >= 11 is 0. The zero-order valence-corrected chi connectivity index (χ0v) is 19.1. The van der Waals surface area contributed by atoms with Gasteiger partial charge in [0.05, 0.1) is 6.61 Å². The van der Waals surface area contributed by atoms with Crippen LogP contribution in [0.25, 0.3) is 0 Å². The largest absolute Gasteiger partial charge is 0.493 e. The highest BCUT2D eigenvalue weighted by Gasteiger charge is 2.29. The molecule has 4 rings (SSSR count). The van der Waals surface area contributed by atoms with Crippen LogP contribution in [0.2, 0.25) is 0 Å². The lowest BCUT2D eigenvalue weighted by Gasteiger charge is -2.30. The van der Waals surface area contributed by atoms with E-state index in [-0.39, 0.29) is 0 Å². The first kappa shape index (κ1) is 21.4. The summed E-state index contributed by atoms with van der Waals surface area (Å²) in [5.74, 6) is 2.47. The summed E-state index contributed by atoms with van der Waals surface area (Å²) in [7, 11) is 0. The third-order valence-corrected chi connectivity index (χ3v) is 7.28.